The van der Waals surface area contributed by atoms with E-state index in [0.717, 1.165) is 18.9 Å². The van der Waals surface area contributed by atoms with Crippen LogP contribution in [0.25, 0.3) is 11.3 Å². The largest absolute Gasteiger partial charge is 0.342 e. The number of rotatable bonds is 4. The fourth-order valence-corrected chi connectivity index (χ4v) is 3.56. The minimum atomic E-state index is -0.674. The van der Waals surface area contributed by atoms with Gasteiger partial charge in [0.05, 0.1) is 17.6 Å². The number of nitrogens with zero attached hydrogens (tertiary/aromatic N) is 3. The van der Waals surface area contributed by atoms with Gasteiger partial charge in [-0.25, -0.2) is 13.6 Å². The van der Waals surface area contributed by atoms with Crippen LogP contribution in [-0.4, -0.2) is 52.9 Å². The van der Waals surface area contributed by atoms with Crippen LogP contribution in [0.15, 0.2) is 36.5 Å². The molecule has 3 rings (SSSR count). The van der Waals surface area contributed by atoms with Gasteiger partial charge in [0.15, 0.2) is 0 Å². The number of hydrogen-bond acceptors (Lipinski definition) is 3. The molecule has 0 radical (unpaired) electrons. The predicted octanol–water partition coefficient (Wildman–Crippen LogP) is 4.77. The lowest BCUT2D eigenvalue weighted by Gasteiger charge is -2.37. The van der Waals surface area contributed by atoms with Crippen molar-refractivity contribution >= 4 is 17.6 Å². The van der Waals surface area contributed by atoms with Crippen LogP contribution in [0.1, 0.15) is 34.1 Å². The SMILES string of the molecule is C.CC(C)C(=O)N1CCC(N(C)C(=O)Nc2ccc(-c3cc(F)cc(F)c3)nc2)CC1. The van der Waals surface area contributed by atoms with Gasteiger partial charge in [0.25, 0.3) is 0 Å². The number of pyridine rings is 1. The average Bonchev–Trinajstić information content (AvgIpc) is 2.72. The number of piperidine rings is 1. The van der Waals surface area contributed by atoms with E-state index in [0.29, 0.717) is 30.0 Å². The Hall–Kier alpha value is -3.03. The summed E-state index contributed by atoms with van der Waals surface area (Å²) in [6, 6.07) is 6.22. The van der Waals surface area contributed by atoms with Crippen molar-refractivity contribution in [2.75, 3.05) is 25.5 Å². The topological polar surface area (TPSA) is 65.5 Å². The highest BCUT2D eigenvalue weighted by molar-refractivity contribution is 5.89. The summed E-state index contributed by atoms with van der Waals surface area (Å²) in [4.78, 5) is 32.4. The Balaban J connectivity index is 0.00000341. The lowest BCUT2D eigenvalue weighted by atomic mass is 10.0. The number of anilines is 1. The van der Waals surface area contributed by atoms with E-state index in [4.69, 9.17) is 0 Å². The fraction of sp³-hybridized carbons (Fsp3) is 0.435. The summed E-state index contributed by atoms with van der Waals surface area (Å²) < 4.78 is 26.8. The maximum absolute atomic E-state index is 13.4. The van der Waals surface area contributed by atoms with E-state index in [1.807, 2.05) is 18.7 Å². The van der Waals surface area contributed by atoms with Crippen molar-refractivity contribution in [3.8, 4) is 11.3 Å². The van der Waals surface area contributed by atoms with Crippen LogP contribution >= 0.6 is 0 Å². The molecule has 0 atom stereocenters. The van der Waals surface area contributed by atoms with E-state index in [9.17, 15) is 18.4 Å². The number of halogens is 2. The van der Waals surface area contributed by atoms with Gasteiger partial charge in [-0.2, -0.15) is 0 Å². The molecule has 31 heavy (non-hydrogen) atoms. The first-order valence-corrected chi connectivity index (χ1v) is 9.99. The predicted molar refractivity (Wildman–Crippen MR) is 118 cm³/mol. The minimum Gasteiger partial charge on any atom is -0.342 e. The number of hydrogen-bond donors (Lipinski definition) is 1. The maximum Gasteiger partial charge on any atom is 0.321 e. The number of urea groups is 1. The average molecular weight is 433 g/mol. The third-order valence-corrected chi connectivity index (χ3v) is 5.31. The van der Waals surface area contributed by atoms with Gasteiger partial charge in [0, 0.05) is 43.7 Å². The summed E-state index contributed by atoms with van der Waals surface area (Å²) in [5, 5.41) is 2.79. The normalized spacial score (nSPS) is 14.2. The van der Waals surface area contributed by atoms with Gasteiger partial charge < -0.3 is 15.1 Å². The molecule has 0 unspecified atom stereocenters. The molecule has 0 spiro atoms. The quantitative estimate of drug-likeness (QED) is 0.757. The molecule has 2 heterocycles. The molecule has 0 saturated carbocycles. The molecule has 1 N–H and O–H groups in total. The highest BCUT2D eigenvalue weighted by atomic mass is 19.1. The summed E-state index contributed by atoms with van der Waals surface area (Å²) in [6.07, 6.45) is 2.91. The van der Waals surface area contributed by atoms with Crippen LogP contribution in [0.4, 0.5) is 19.3 Å². The van der Waals surface area contributed by atoms with Crippen molar-refractivity contribution in [1.82, 2.24) is 14.8 Å². The van der Waals surface area contributed by atoms with Gasteiger partial charge in [0.2, 0.25) is 5.91 Å². The van der Waals surface area contributed by atoms with Gasteiger partial charge in [-0.3, -0.25) is 9.78 Å². The summed E-state index contributed by atoms with van der Waals surface area (Å²) >= 11 is 0. The Kier molecular flexibility index (Phi) is 8.08. The molecule has 3 amide bonds. The maximum atomic E-state index is 13.4. The number of carbonyl (C=O) groups excluding carboxylic acids is 2. The van der Waals surface area contributed by atoms with E-state index in [2.05, 4.69) is 10.3 Å². The molecule has 0 bridgehead atoms. The van der Waals surface area contributed by atoms with E-state index in [1.165, 1.54) is 18.3 Å². The van der Waals surface area contributed by atoms with Crippen molar-refractivity contribution in [1.29, 1.82) is 0 Å². The van der Waals surface area contributed by atoms with Crippen molar-refractivity contribution in [2.45, 2.75) is 40.2 Å². The van der Waals surface area contributed by atoms with E-state index in [1.54, 1.807) is 24.1 Å². The molecule has 1 saturated heterocycles. The first-order valence-electron chi connectivity index (χ1n) is 9.99. The van der Waals surface area contributed by atoms with Crippen molar-refractivity contribution < 1.29 is 18.4 Å². The molecule has 1 aliphatic heterocycles. The molecule has 2 aromatic rings. The lowest BCUT2D eigenvalue weighted by Crippen LogP contribution is -2.49. The Morgan fingerprint density at radius 1 is 1.13 bits per heavy atom. The molecule has 1 aromatic heterocycles. The van der Waals surface area contributed by atoms with Crippen LogP contribution in [0.2, 0.25) is 0 Å². The van der Waals surface area contributed by atoms with Gasteiger partial charge in [0.1, 0.15) is 11.6 Å². The van der Waals surface area contributed by atoms with Crippen LogP contribution in [0.5, 0.6) is 0 Å². The second kappa shape index (κ2) is 10.3. The summed E-state index contributed by atoms with van der Waals surface area (Å²) in [7, 11) is 1.73. The number of carbonyl (C=O) groups is 2. The van der Waals surface area contributed by atoms with E-state index >= 15 is 0 Å². The molecule has 6 nitrogen and oxygen atoms in total. The third kappa shape index (κ3) is 5.99. The standard InChI is InChI=1S/C22H26F2N4O2.CH4/c1-14(2)21(29)28-8-6-19(7-9-28)27(3)22(30)26-18-4-5-20(25-13-18)15-10-16(23)12-17(24)11-15;/h4-5,10-14,19H,6-9H2,1-3H3,(H,26,30);1H4. The summed E-state index contributed by atoms with van der Waals surface area (Å²) in [5.74, 6) is -1.23. The molecule has 1 aromatic carbocycles. The van der Waals surface area contributed by atoms with Crippen molar-refractivity contribution in [3.05, 3.63) is 48.2 Å². The van der Waals surface area contributed by atoms with Gasteiger partial charge in [-0.15, -0.1) is 0 Å². The monoisotopic (exact) mass is 432 g/mol. The zero-order chi connectivity index (χ0) is 21.8. The first-order chi connectivity index (χ1) is 14.2. The van der Waals surface area contributed by atoms with Crippen LogP contribution in [0.3, 0.4) is 0 Å². The zero-order valence-corrected chi connectivity index (χ0v) is 17.4. The van der Waals surface area contributed by atoms with Crippen molar-refractivity contribution in [3.63, 3.8) is 0 Å². The lowest BCUT2D eigenvalue weighted by molar-refractivity contribution is -0.135. The molecule has 1 aliphatic rings. The molecular formula is C23H30F2N4O2. The summed E-state index contributed by atoms with van der Waals surface area (Å²) in [6.45, 7) is 5.05. The summed E-state index contributed by atoms with van der Waals surface area (Å²) in [5.41, 5.74) is 1.21. The Morgan fingerprint density at radius 3 is 2.26 bits per heavy atom. The Labute approximate surface area is 182 Å². The second-order valence-electron chi connectivity index (χ2n) is 7.84. The van der Waals surface area contributed by atoms with Gasteiger partial charge >= 0.3 is 6.03 Å². The highest BCUT2D eigenvalue weighted by Gasteiger charge is 2.28. The Morgan fingerprint density at radius 2 is 1.74 bits per heavy atom. The van der Waals surface area contributed by atoms with Crippen molar-refractivity contribution in [2.24, 2.45) is 5.92 Å². The number of amides is 3. The molecule has 0 aliphatic carbocycles. The molecule has 168 valence electrons. The third-order valence-electron chi connectivity index (χ3n) is 5.31. The molecule has 1 fully saturated rings. The first kappa shape index (κ1) is 24.2. The highest BCUT2D eigenvalue weighted by Crippen LogP contribution is 2.22. The second-order valence-corrected chi connectivity index (χ2v) is 7.84. The molecular weight excluding hydrogens is 402 g/mol. The van der Waals surface area contributed by atoms with E-state index < -0.39 is 11.6 Å². The van der Waals surface area contributed by atoms with Crippen LogP contribution < -0.4 is 5.32 Å². The minimum absolute atomic E-state index is 0. The van der Waals surface area contributed by atoms with Gasteiger partial charge in [-0.1, -0.05) is 21.3 Å². The van der Waals surface area contributed by atoms with E-state index in [-0.39, 0.29) is 31.3 Å². The van der Waals surface area contributed by atoms with Crippen LogP contribution in [0, 0.1) is 17.6 Å². The number of aromatic nitrogens is 1. The Bertz CT molecular complexity index is 890. The van der Waals surface area contributed by atoms with Crippen LogP contribution in [-0.2, 0) is 4.79 Å². The molecule has 8 heteroatoms. The number of benzene rings is 1. The number of nitrogens with one attached hydrogen (secondary N) is 1. The van der Waals surface area contributed by atoms with Gasteiger partial charge in [-0.05, 0) is 37.1 Å². The fourth-order valence-electron chi connectivity index (χ4n) is 3.56. The number of likely N-dealkylation sites (tertiary alicyclic amines) is 1. The zero-order valence-electron chi connectivity index (χ0n) is 17.4. The smallest absolute Gasteiger partial charge is 0.321 e.